The molecule has 1 aromatic rings. The van der Waals surface area contributed by atoms with Gasteiger partial charge >= 0.3 is 0 Å². The fourth-order valence-electron chi connectivity index (χ4n) is 3.48. The minimum absolute atomic E-state index is 0.485. The second-order valence-electron chi connectivity index (χ2n) is 6.84. The summed E-state index contributed by atoms with van der Waals surface area (Å²) in [5.41, 5.74) is 2.04. The zero-order valence-corrected chi connectivity index (χ0v) is 14.6. The number of benzene rings is 1. The van der Waals surface area contributed by atoms with E-state index in [1.54, 1.807) is 0 Å². The minimum atomic E-state index is -0.595. The van der Waals surface area contributed by atoms with Crippen LogP contribution in [0.15, 0.2) is 23.2 Å². The van der Waals surface area contributed by atoms with Crippen LogP contribution in [0.5, 0.6) is 5.75 Å². The van der Waals surface area contributed by atoms with Crippen LogP contribution < -0.4 is 15.4 Å². The number of aliphatic hydroxyl groups is 1. The van der Waals surface area contributed by atoms with Crippen molar-refractivity contribution in [1.82, 2.24) is 10.6 Å². The van der Waals surface area contributed by atoms with Gasteiger partial charge in [0.1, 0.15) is 5.75 Å². The van der Waals surface area contributed by atoms with Crippen LogP contribution in [0, 0.1) is 0 Å². The van der Waals surface area contributed by atoms with E-state index in [-0.39, 0.29) is 0 Å². The van der Waals surface area contributed by atoms with E-state index in [0.29, 0.717) is 6.54 Å². The van der Waals surface area contributed by atoms with Gasteiger partial charge in [-0.05, 0) is 43.4 Å². The highest BCUT2D eigenvalue weighted by Crippen LogP contribution is 2.29. The van der Waals surface area contributed by atoms with Crippen molar-refractivity contribution in [2.24, 2.45) is 4.99 Å². The predicted molar refractivity (Wildman–Crippen MR) is 96.7 cm³/mol. The highest BCUT2D eigenvalue weighted by molar-refractivity contribution is 5.79. The molecule has 5 heteroatoms. The number of ether oxygens (including phenoxy) is 1. The fraction of sp³-hybridized carbons (Fsp3) is 0.632. The molecular weight excluding hydrogens is 302 g/mol. The van der Waals surface area contributed by atoms with E-state index in [2.05, 4.69) is 40.7 Å². The third kappa shape index (κ3) is 4.41. The van der Waals surface area contributed by atoms with E-state index >= 15 is 0 Å². The molecule has 0 spiro atoms. The summed E-state index contributed by atoms with van der Waals surface area (Å²) in [7, 11) is 0. The smallest absolute Gasteiger partial charge is 0.191 e. The number of nitrogens with zero attached hydrogens (tertiary/aromatic N) is 1. The van der Waals surface area contributed by atoms with Gasteiger partial charge in [-0.1, -0.05) is 25.0 Å². The first-order valence-corrected chi connectivity index (χ1v) is 9.18. The third-order valence-electron chi connectivity index (χ3n) is 4.87. The SMILES string of the molecule is CCNC(=NCC1(O)CCCC1)NCCc1ccc2c(c1)CCO2. The van der Waals surface area contributed by atoms with E-state index in [1.165, 1.54) is 11.1 Å². The Morgan fingerprint density at radius 1 is 1.29 bits per heavy atom. The molecule has 0 aromatic heterocycles. The fourth-order valence-corrected chi connectivity index (χ4v) is 3.48. The summed E-state index contributed by atoms with van der Waals surface area (Å²) >= 11 is 0. The van der Waals surface area contributed by atoms with Gasteiger partial charge in [0, 0.05) is 19.5 Å². The lowest BCUT2D eigenvalue weighted by Crippen LogP contribution is -2.40. The van der Waals surface area contributed by atoms with Gasteiger partial charge in [-0.15, -0.1) is 0 Å². The molecule has 0 saturated heterocycles. The molecule has 0 bridgehead atoms. The van der Waals surface area contributed by atoms with Crippen molar-refractivity contribution in [3.63, 3.8) is 0 Å². The topological polar surface area (TPSA) is 65.9 Å². The summed E-state index contributed by atoms with van der Waals surface area (Å²) in [6.07, 6.45) is 5.91. The largest absolute Gasteiger partial charge is 0.493 e. The van der Waals surface area contributed by atoms with Crippen LogP contribution in [0.2, 0.25) is 0 Å². The number of guanidine groups is 1. The molecule has 1 aliphatic heterocycles. The lowest BCUT2D eigenvalue weighted by Gasteiger charge is -2.20. The summed E-state index contributed by atoms with van der Waals surface area (Å²) in [6.45, 7) is 4.99. The average molecular weight is 331 g/mol. The molecule has 0 atom stereocenters. The summed E-state index contributed by atoms with van der Waals surface area (Å²) in [5.74, 6) is 1.83. The first-order valence-electron chi connectivity index (χ1n) is 9.18. The van der Waals surface area contributed by atoms with Crippen molar-refractivity contribution in [2.45, 2.75) is 51.0 Å². The molecule has 0 unspecified atom stereocenters. The van der Waals surface area contributed by atoms with Crippen LogP contribution in [0.25, 0.3) is 0 Å². The molecule has 3 rings (SSSR count). The van der Waals surface area contributed by atoms with Gasteiger partial charge in [0.2, 0.25) is 0 Å². The number of nitrogens with one attached hydrogen (secondary N) is 2. The molecule has 1 aliphatic carbocycles. The van der Waals surface area contributed by atoms with E-state index < -0.39 is 5.60 Å². The first kappa shape index (κ1) is 17.1. The molecule has 0 radical (unpaired) electrons. The number of rotatable bonds is 6. The van der Waals surface area contributed by atoms with E-state index in [1.807, 2.05) is 0 Å². The van der Waals surface area contributed by atoms with Crippen molar-refractivity contribution < 1.29 is 9.84 Å². The van der Waals surface area contributed by atoms with Crippen molar-refractivity contribution in [2.75, 3.05) is 26.2 Å². The summed E-state index contributed by atoms with van der Waals surface area (Å²) < 4.78 is 5.55. The van der Waals surface area contributed by atoms with Crippen LogP contribution in [0.3, 0.4) is 0 Å². The van der Waals surface area contributed by atoms with Crippen LogP contribution in [0.4, 0.5) is 0 Å². The molecule has 132 valence electrons. The predicted octanol–water partition coefficient (Wildman–Crippen LogP) is 2.02. The van der Waals surface area contributed by atoms with Gasteiger partial charge in [0.15, 0.2) is 5.96 Å². The van der Waals surface area contributed by atoms with Crippen molar-refractivity contribution in [1.29, 1.82) is 0 Å². The van der Waals surface area contributed by atoms with Gasteiger partial charge in [0.05, 0.1) is 18.8 Å². The lowest BCUT2D eigenvalue weighted by atomic mass is 10.0. The monoisotopic (exact) mass is 331 g/mol. The molecule has 1 fully saturated rings. The number of fused-ring (bicyclic) bond motifs is 1. The van der Waals surface area contributed by atoms with Gasteiger partial charge in [0.25, 0.3) is 0 Å². The molecular formula is C19H29N3O2. The van der Waals surface area contributed by atoms with Gasteiger partial charge in [-0.25, -0.2) is 0 Å². The second kappa shape index (κ2) is 7.88. The van der Waals surface area contributed by atoms with Gasteiger partial charge < -0.3 is 20.5 Å². The normalized spacial score (nSPS) is 19.0. The number of aliphatic imine (C=N–C) groups is 1. The standard InChI is InChI=1S/C19H29N3O2/c1-2-20-18(22-14-19(23)9-3-4-10-19)21-11-7-15-5-6-17-16(13-15)8-12-24-17/h5-6,13,23H,2-4,7-12,14H2,1H3,(H2,20,21,22). The zero-order valence-electron chi connectivity index (χ0n) is 14.6. The maximum absolute atomic E-state index is 10.4. The van der Waals surface area contributed by atoms with Crippen LogP contribution >= 0.6 is 0 Å². The lowest BCUT2D eigenvalue weighted by molar-refractivity contribution is 0.0574. The number of hydrogen-bond donors (Lipinski definition) is 3. The Hall–Kier alpha value is -1.75. The molecule has 1 saturated carbocycles. The Labute approximate surface area is 144 Å². The summed E-state index contributed by atoms with van der Waals surface area (Å²) in [5, 5.41) is 17.1. The maximum atomic E-state index is 10.4. The molecule has 3 N–H and O–H groups in total. The van der Waals surface area contributed by atoms with Gasteiger partial charge in [-0.2, -0.15) is 0 Å². The molecule has 5 nitrogen and oxygen atoms in total. The Balaban J connectivity index is 1.50. The Morgan fingerprint density at radius 3 is 2.92 bits per heavy atom. The Morgan fingerprint density at radius 2 is 2.12 bits per heavy atom. The molecule has 1 aromatic carbocycles. The highest BCUT2D eigenvalue weighted by Gasteiger charge is 2.30. The molecule has 24 heavy (non-hydrogen) atoms. The van der Waals surface area contributed by atoms with Crippen LogP contribution in [-0.4, -0.2) is 42.9 Å². The maximum Gasteiger partial charge on any atom is 0.191 e. The van der Waals surface area contributed by atoms with Crippen LogP contribution in [-0.2, 0) is 12.8 Å². The zero-order chi connectivity index (χ0) is 16.8. The Bertz CT molecular complexity index is 580. The Kier molecular flexibility index (Phi) is 5.61. The van der Waals surface area contributed by atoms with E-state index in [0.717, 1.165) is 69.9 Å². The van der Waals surface area contributed by atoms with E-state index in [4.69, 9.17) is 4.74 Å². The van der Waals surface area contributed by atoms with Gasteiger partial charge in [-0.3, -0.25) is 4.99 Å². The quantitative estimate of drug-likeness (QED) is 0.551. The van der Waals surface area contributed by atoms with E-state index in [9.17, 15) is 5.11 Å². The van der Waals surface area contributed by atoms with Crippen molar-refractivity contribution >= 4 is 5.96 Å². The minimum Gasteiger partial charge on any atom is -0.493 e. The van der Waals surface area contributed by atoms with Crippen LogP contribution in [0.1, 0.15) is 43.7 Å². The molecule has 1 heterocycles. The highest BCUT2D eigenvalue weighted by atomic mass is 16.5. The summed E-state index contributed by atoms with van der Waals surface area (Å²) in [4.78, 5) is 4.58. The molecule has 2 aliphatic rings. The number of hydrogen-bond acceptors (Lipinski definition) is 3. The first-order chi connectivity index (χ1) is 11.7. The molecule has 0 amide bonds. The van der Waals surface area contributed by atoms with Crippen molar-refractivity contribution in [3.05, 3.63) is 29.3 Å². The second-order valence-corrected chi connectivity index (χ2v) is 6.84. The summed E-state index contributed by atoms with van der Waals surface area (Å²) in [6, 6.07) is 6.46. The average Bonchev–Trinajstić information content (AvgIpc) is 3.21. The van der Waals surface area contributed by atoms with Crippen molar-refractivity contribution in [3.8, 4) is 5.75 Å². The third-order valence-corrected chi connectivity index (χ3v) is 4.87.